The summed E-state index contributed by atoms with van der Waals surface area (Å²) in [7, 11) is -3.47. The normalized spacial score (nSPS) is 33.8. The number of fused-ring (bicyclic) bond motifs is 2. The first-order valence-corrected chi connectivity index (χ1v) is 7.85. The van der Waals surface area contributed by atoms with Gasteiger partial charge in [-0.05, 0) is 25.7 Å². The third-order valence-corrected chi connectivity index (χ3v) is 5.89. The highest BCUT2D eigenvalue weighted by atomic mass is 32.2. The van der Waals surface area contributed by atoms with Crippen molar-refractivity contribution in [2.75, 3.05) is 0 Å². The fraction of sp³-hybridized carbons (Fsp3) is 0.900. The molecule has 2 rings (SSSR count). The number of thiocarbonyl (C=S) groups is 1. The number of nitrogens with one attached hydrogen (secondary N) is 1. The lowest BCUT2D eigenvalue weighted by atomic mass is 9.96. The van der Waals surface area contributed by atoms with Crippen molar-refractivity contribution in [1.82, 2.24) is 4.72 Å². The summed E-state index contributed by atoms with van der Waals surface area (Å²) in [5, 5.41) is -0.781. The van der Waals surface area contributed by atoms with E-state index >= 15 is 0 Å². The first-order valence-electron chi connectivity index (χ1n) is 5.90. The molecule has 2 aliphatic rings. The van der Waals surface area contributed by atoms with Crippen LogP contribution in [-0.2, 0) is 14.8 Å². The van der Waals surface area contributed by atoms with Gasteiger partial charge < -0.3 is 10.5 Å². The van der Waals surface area contributed by atoms with Crippen LogP contribution in [0.4, 0.5) is 0 Å². The maximum Gasteiger partial charge on any atom is 0.221 e. The second-order valence-corrected chi connectivity index (χ2v) is 7.04. The number of hydrogen-bond donors (Lipinski definition) is 2. The Morgan fingerprint density at radius 3 is 2.71 bits per heavy atom. The SMILES string of the molecule is CCC(C(N)=S)S(=O)(=O)NC1CC2CCC1O2. The fourth-order valence-corrected chi connectivity index (χ4v) is 4.75. The van der Waals surface area contributed by atoms with Crippen molar-refractivity contribution < 1.29 is 13.2 Å². The Morgan fingerprint density at radius 2 is 2.29 bits per heavy atom. The van der Waals surface area contributed by atoms with Gasteiger partial charge in [-0.25, -0.2) is 13.1 Å². The van der Waals surface area contributed by atoms with Gasteiger partial charge in [0.05, 0.1) is 23.2 Å². The third-order valence-electron chi connectivity index (χ3n) is 3.48. The molecule has 0 amide bonds. The average molecular weight is 278 g/mol. The number of ether oxygens (including phenoxy) is 1. The van der Waals surface area contributed by atoms with Gasteiger partial charge in [-0.3, -0.25) is 0 Å². The maximum absolute atomic E-state index is 12.1. The lowest BCUT2D eigenvalue weighted by Crippen LogP contribution is -2.48. The van der Waals surface area contributed by atoms with Gasteiger partial charge in [0.15, 0.2) is 0 Å². The molecular weight excluding hydrogens is 260 g/mol. The zero-order valence-electron chi connectivity index (χ0n) is 9.76. The molecule has 0 radical (unpaired) electrons. The molecule has 0 aliphatic carbocycles. The lowest BCUT2D eigenvalue weighted by molar-refractivity contribution is 0.0995. The minimum absolute atomic E-state index is 0.0265. The average Bonchev–Trinajstić information content (AvgIpc) is 2.77. The molecule has 0 saturated carbocycles. The lowest BCUT2D eigenvalue weighted by Gasteiger charge is -2.23. The van der Waals surface area contributed by atoms with Crippen LogP contribution in [0.25, 0.3) is 0 Å². The molecule has 0 aromatic rings. The van der Waals surface area contributed by atoms with E-state index < -0.39 is 15.3 Å². The molecular formula is C10H18N2O3S2. The molecule has 2 aliphatic heterocycles. The van der Waals surface area contributed by atoms with Crippen molar-refractivity contribution in [1.29, 1.82) is 0 Å². The highest BCUT2D eigenvalue weighted by Gasteiger charge is 2.43. The van der Waals surface area contributed by atoms with Crippen LogP contribution in [0.1, 0.15) is 32.6 Å². The minimum Gasteiger partial charge on any atom is -0.392 e. The highest BCUT2D eigenvalue weighted by molar-refractivity contribution is 7.93. The molecule has 0 spiro atoms. The standard InChI is InChI=1S/C10H18N2O3S2/c1-2-9(10(11)16)17(13,14)12-7-5-6-3-4-8(7)15-6/h6-9,12H,2-5H2,1H3,(H2,11,16). The fourth-order valence-electron chi connectivity index (χ4n) is 2.63. The molecule has 0 aromatic carbocycles. The predicted octanol–water partition coefficient (Wildman–Crippen LogP) is 0.290. The Kier molecular flexibility index (Phi) is 3.72. The summed E-state index contributed by atoms with van der Waals surface area (Å²) in [6, 6.07) is -0.109. The minimum atomic E-state index is -3.47. The van der Waals surface area contributed by atoms with E-state index in [-0.39, 0.29) is 23.2 Å². The quantitative estimate of drug-likeness (QED) is 0.707. The van der Waals surface area contributed by atoms with Crippen LogP contribution in [0.15, 0.2) is 0 Å². The van der Waals surface area contributed by atoms with E-state index in [1.54, 1.807) is 6.92 Å². The van der Waals surface area contributed by atoms with E-state index in [0.717, 1.165) is 19.3 Å². The molecule has 2 bridgehead atoms. The topological polar surface area (TPSA) is 81.4 Å². The molecule has 0 aromatic heterocycles. The van der Waals surface area contributed by atoms with Gasteiger partial charge in [-0.1, -0.05) is 19.1 Å². The van der Waals surface area contributed by atoms with Gasteiger partial charge in [0.1, 0.15) is 5.25 Å². The summed E-state index contributed by atoms with van der Waals surface area (Å²) in [5.74, 6) is 0. The van der Waals surface area contributed by atoms with E-state index in [2.05, 4.69) is 4.72 Å². The van der Waals surface area contributed by atoms with Gasteiger partial charge in [0.2, 0.25) is 10.0 Å². The van der Waals surface area contributed by atoms with Gasteiger partial charge in [-0.15, -0.1) is 0 Å². The van der Waals surface area contributed by atoms with Crippen LogP contribution >= 0.6 is 12.2 Å². The van der Waals surface area contributed by atoms with Crippen LogP contribution in [0, 0.1) is 0 Å². The zero-order valence-corrected chi connectivity index (χ0v) is 11.4. The van der Waals surface area contributed by atoms with Crippen LogP contribution in [0.5, 0.6) is 0 Å². The molecule has 4 unspecified atom stereocenters. The van der Waals surface area contributed by atoms with Crippen LogP contribution in [0.2, 0.25) is 0 Å². The zero-order chi connectivity index (χ0) is 12.6. The number of hydrogen-bond acceptors (Lipinski definition) is 4. The largest absolute Gasteiger partial charge is 0.392 e. The van der Waals surface area contributed by atoms with Gasteiger partial charge >= 0.3 is 0 Å². The van der Waals surface area contributed by atoms with E-state index in [9.17, 15) is 8.42 Å². The van der Waals surface area contributed by atoms with Crippen LogP contribution in [0.3, 0.4) is 0 Å². The van der Waals surface area contributed by atoms with Gasteiger partial charge in [-0.2, -0.15) is 0 Å². The Hall–Kier alpha value is -0.240. The number of rotatable bonds is 5. The third kappa shape index (κ3) is 2.62. The van der Waals surface area contributed by atoms with E-state index in [1.807, 2.05) is 0 Å². The Balaban J connectivity index is 2.04. The molecule has 5 nitrogen and oxygen atoms in total. The molecule has 17 heavy (non-hydrogen) atoms. The van der Waals surface area contributed by atoms with E-state index in [4.69, 9.17) is 22.7 Å². The number of nitrogens with two attached hydrogens (primary N) is 1. The van der Waals surface area contributed by atoms with Crippen molar-refractivity contribution in [2.45, 2.75) is 56.1 Å². The number of sulfonamides is 1. The second-order valence-electron chi connectivity index (χ2n) is 4.68. The molecule has 2 saturated heterocycles. The summed E-state index contributed by atoms with van der Waals surface area (Å²) in [6.07, 6.45) is 3.37. The summed E-state index contributed by atoms with van der Waals surface area (Å²) in [5.41, 5.74) is 5.46. The summed E-state index contributed by atoms with van der Waals surface area (Å²) < 4.78 is 32.5. The van der Waals surface area contributed by atoms with Crippen molar-refractivity contribution >= 4 is 27.2 Å². The smallest absolute Gasteiger partial charge is 0.221 e. The molecule has 7 heteroatoms. The van der Waals surface area contributed by atoms with Crippen LogP contribution in [-0.4, -0.2) is 36.9 Å². The van der Waals surface area contributed by atoms with Crippen LogP contribution < -0.4 is 10.5 Å². The van der Waals surface area contributed by atoms with Gasteiger partial charge in [0.25, 0.3) is 0 Å². The second kappa shape index (κ2) is 4.79. The van der Waals surface area contributed by atoms with E-state index in [1.165, 1.54) is 0 Å². The van der Waals surface area contributed by atoms with Crippen molar-refractivity contribution in [2.24, 2.45) is 5.73 Å². The predicted molar refractivity (Wildman–Crippen MR) is 69.2 cm³/mol. The first kappa shape index (κ1) is 13.2. The Morgan fingerprint density at radius 1 is 1.59 bits per heavy atom. The maximum atomic E-state index is 12.1. The first-order chi connectivity index (χ1) is 7.94. The summed E-state index contributed by atoms with van der Waals surface area (Å²) in [4.78, 5) is 0.0316. The summed E-state index contributed by atoms with van der Waals surface area (Å²) >= 11 is 4.80. The Bertz CT molecular complexity index is 410. The van der Waals surface area contributed by atoms with E-state index in [0.29, 0.717) is 6.42 Å². The monoisotopic (exact) mass is 278 g/mol. The highest BCUT2D eigenvalue weighted by Crippen LogP contribution is 2.34. The molecule has 2 heterocycles. The molecule has 3 N–H and O–H groups in total. The molecule has 4 atom stereocenters. The van der Waals surface area contributed by atoms with Crippen molar-refractivity contribution in [3.8, 4) is 0 Å². The molecule has 98 valence electrons. The van der Waals surface area contributed by atoms with Crippen molar-refractivity contribution in [3.63, 3.8) is 0 Å². The van der Waals surface area contributed by atoms with Crippen molar-refractivity contribution in [3.05, 3.63) is 0 Å². The Labute approximate surface area is 107 Å². The van der Waals surface area contributed by atoms with Gasteiger partial charge in [0, 0.05) is 0 Å². The molecule has 2 fully saturated rings. The summed E-state index contributed by atoms with van der Waals surface area (Å²) in [6.45, 7) is 1.76.